The van der Waals surface area contributed by atoms with Crippen molar-refractivity contribution in [2.24, 2.45) is 0 Å². The van der Waals surface area contributed by atoms with Gasteiger partial charge in [0.25, 0.3) is 5.24 Å². The summed E-state index contributed by atoms with van der Waals surface area (Å²) in [5.41, 5.74) is 7.47. The second-order valence-corrected chi connectivity index (χ2v) is 4.32. The maximum atomic E-state index is 11.3. The average Bonchev–Trinajstić information content (AvgIpc) is 2.56. The Labute approximate surface area is 87.3 Å². The van der Waals surface area contributed by atoms with Gasteiger partial charge in [-0.2, -0.15) is 0 Å². The largest absolute Gasteiger partial charge is 0.399 e. The molecule has 0 unspecified atom stereocenters. The first kappa shape index (κ1) is 9.40. The smallest absolute Gasteiger partial charge is 0.282 e. The van der Waals surface area contributed by atoms with E-state index in [1.165, 1.54) is 11.8 Å². The molecule has 0 aromatic heterocycles. The van der Waals surface area contributed by atoms with Gasteiger partial charge in [0.05, 0.1) is 0 Å². The summed E-state index contributed by atoms with van der Waals surface area (Å²) in [6.07, 6.45) is 0. The van der Waals surface area contributed by atoms with E-state index in [1.807, 2.05) is 29.2 Å². The SMILES string of the molecule is Nc1ccc(CN2CCSC2=O)cc1. The summed E-state index contributed by atoms with van der Waals surface area (Å²) in [7, 11) is 0. The van der Waals surface area contributed by atoms with Crippen LogP contribution in [0.25, 0.3) is 0 Å². The fraction of sp³-hybridized carbons (Fsp3) is 0.300. The van der Waals surface area contributed by atoms with Crippen LogP contribution in [0.2, 0.25) is 0 Å². The van der Waals surface area contributed by atoms with Gasteiger partial charge in [0, 0.05) is 24.5 Å². The summed E-state index contributed by atoms with van der Waals surface area (Å²) >= 11 is 1.39. The van der Waals surface area contributed by atoms with Crippen LogP contribution >= 0.6 is 11.8 Å². The average molecular weight is 208 g/mol. The van der Waals surface area contributed by atoms with E-state index in [9.17, 15) is 4.79 Å². The first-order chi connectivity index (χ1) is 6.75. The molecule has 2 N–H and O–H groups in total. The lowest BCUT2D eigenvalue weighted by Crippen LogP contribution is -2.22. The van der Waals surface area contributed by atoms with Crippen LogP contribution in [0, 0.1) is 0 Å². The molecular weight excluding hydrogens is 196 g/mol. The van der Waals surface area contributed by atoms with Crippen LogP contribution in [-0.2, 0) is 6.54 Å². The molecule has 1 aromatic carbocycles. The Balaban J connectivity index is 2.03. The standard InChI is InChI=1S/C10H12N2OS/c11-9-3-1-8(2-4-9)7-12-5-6-14-10(12)13/h1-4H,5-7,11H2. The van der Waals surface area contributed by atoms with Crippen LogP contribution in [0.3, 0.4) is 0 Å². The lowest BCUT2D eigenvalue weighted by molar-refractivity contribution is 0.228. The molecule has 1 aliphatic heterocycles. The van der Waals surface area contributed by atoms with Crippen molar-refractivity contribution in [1.29, 1.82) is 0 Å². The van der Waals surface area contributed by atoms with Gasteiger partial charge in [-0.1, -0.05) is 23.9 Å². The van der Waals surface area contributed by atoms with E-state index >= 15 is 0 Å². The number of hydrogen-bond donors (Lipinski definition) is 1. The van der Waals surface area contributed by atoms with Gasteiger partial charge in [0.15, 0.2) is 0 Å². The van der Waals surface area contributed by atoms with Crippen LogP contribution in [-0.4, -0.2) is 22.4 Å². The van der Waals surface area contributed by atoms with Crippen molar-refractivity contribution in [1.82, 2.24) is 4.90 Å². The fourth-order valence-corrected chi connectivity index (χ4v) is 2.24. The topological polar surface area (TPSA) is 46.3 Å². The molecule has 1 aromatic rings. The zero-order valence-corrected chi connectivity index (χ0v) is 8.59. The van der Waals surface area contributed by atoms with Crippen molar-refractivity contribution in [3.8, 4) is 0 Å². The molecule has 0 aliphatic carbocycles. The number of thioether (sulfide) groups is 1. The molecule has 1 saturated heterocycles. The number of anilines is 1. The van der Waals surface area contributed by atoms with Crippen molar-refractivity contribution in [2.75, 3.05) is 18.0 Å². The predicted octanol–water partition coefficient (Wildman–Crippen LogP) is 1.94. The molecule has 74 valence electrons. The first-order valence-corrected chi connectivity index (χ1v) is 5.50. The summed E-state index contributed by atoms with van der Waals surface area (Å²) < 4.78 is 0. The van der Waals surface area contributed by atoms with Crippen LogP contribution in [0.4, 0.5) is 10.5 Å². The molecule has 14 heavy (non-hydrogen) atoms. The molecule has 2 rings (SSSR count). The molecule has 0 spiro atoms. The second kappa shape index (κ2) is 3.92. The molecule has 1 heterocycles. The van der Waals surface area contributed by atoms with E-state index in [4.69, 9.17) is 5.73 Å². The molecule has 0 saturated carbocycles. The van der Waals surface area contributed by atoms with Gasteiger partial charge in [0.1, 0.15) is 0 Å². The number of hydrogen-bond acceptors (Lipinski definition) is 3. The van der Waals surface area contributed by atoms with E-state index in [1.54, 1.807) is 0 Å². The number of carbonyl (C=O) groups excluding carboxylic acids is 1. The van der Waals surface area contributed by atoms with E-state index in [2.05, 4.69) is 0 Å². The van der Waals surface area contributed by atoms with Gasteiger partial charge in [-0.05, 0) is 17.7 Å². The maximum Gasteiger partial charge on any atom is 0.282 e. The summed E-state index contributed by atoms with van der Waals surface area (Å²) in [4.78, 5) is 13.2. The Kier molecular flexibility index (Phi) is 2.63. The first-order valence-electron chi connectivity index (χ1n) is 4.52. The number of amides is 1. The van der Waals surface area contributed by atoms with Gasteiger partial charge < -0.3 is 10.6 Å². The molecule has 0 bridgehead atoms. The van der Waals surface area contributed by atoms with Gasteiger partial charge in [-0.15, -0.1) is 0 Å². The van der Waals surface area contributed by atoms with Crippen molar-refractivity contribution >= 4 is 22.7 Å². The predicted molar refractivity (Wildman–Crippen MR) is 59.1 cm³/mol. The fourth-order valence-electron chi connectivity index (χ4n) is 1.41. The monoisotopic (exact) mass is 208 g/mol. The van der Waals surface area contributed by atoms with Crippen LogP contribution in [0.15, 0.2) is 24.3 Å². The molecule has 1 amide bonds. The third-order valence-electron chi connectivity index (χ3n) is 2.20. The summed E-state index contributed by atoms with van der Waals surface area (Å²) in [5, 5.41) is 0.182. The Bertz CT molecular complexity index is 336. The van der Waals surface area contributed by atoms with E-state index in [-0.39, 0.29) is 5.24 Å². The van der Waals surface area contributed by atoms with Crippen molar-refractivity contribution in [2.45, 2.75) is 6.54 Å². The Morgan fingerprint density at radius 2 is 2.07 bits per heavy atom. The maximum absolute atomic E-state index is 11.3. The molecule has 1 aliphatic rings. The molecule has 1 fully saturated rings. The van der Waals surface area contributed by atoms with Crippen molar-refractivity contribution < 1.29 is 4.79 Å². The lowest BCUT2D eigenvalue weighted by Gasteiger charge is -2.14. The minimum atomic E-state index is 0.182. The van der Waals surface area contributed by atoms with E-state index in [0.717, 1.165) is 23.5 Å². The lowest BCUT2D eigenvalue weighted by atomic mass is 10.2. The minimum Gasteiger partial charge on any atom is -0.399 e. The van der Waals surface area contributed by atoms with Crippen molar-refractivity contribution in [3.05, 3.63) is 29.8 Å². The molecule has 0 radical (unpaired) electrons. The zero-order chi connectivity index (χ0) is 9.97. The zero-order valence-electron chi connectivity index (χ0n) is 7.77. The van der Waals surface area contributed by atoms with Gasteiger partial charge >= 0.3 is 0 Å². The Morgan fingerprint density at radius 3 is 2.64 bits per heavy atom. The number of rotatable bonds is 2. The number of benzene rings is 1. The minimum absolute atomic E-state index is 0.182. The Hall–Kier alpha value is -1.16. The normalized spacial score (nSPS) is 16.3. The number of nitrogens with zero attached hydrogens (tertiary/aromatic N) is 1. The molecular formula is C10H12N2OS. The Morgan fingerprint density at radius 1 is 1.36 bits per heavy atom. The van der Waals surface area contributed by atoms with E-state index < -0.39 is 0 Å². The van der Waals surface area contributed by atoms with E-state index in [0.29, 0.717) is 6.54 Å². The van der Waals surface area contributed by atoms with Crippen molar-refractivity contribution in [3.63, 3.8) is 0 Å². The molecule has 3 nitrogen and oxygen atoms in total. The van der Waals surface area contributed by atoms with Crippen LogP contribution in [0.5, 0.6) is 0 Å². The molecule has 4 heteroatoms. The summed E-state index contributed by atoms with van der Waals surface area (Å²) in [6.45, 7) is 1.56. The van der Waals surface area contributed by atoms with Gasteiger partial charge in [0.2, 0.25) is 0 Å². The van der Waals surface area contributed by atoms with Gasteiger partial charge in [-0.3, -0.25) is 4.79 Å². The number of carbonyl (C=O) groups is 1. The molecule has 0 atom stereocenters. The summed E-state index contributed by atoms with van der Waals surface area (Å²) in [5.74, 6) is 0.911. The second-order valence-electron chi connectivity index (χ2n) is 3.28. The number of nitrogen functional groups attached to an aromatic ring is 1. The summed E-state index contributed by atoms with van der Waals surface area (Å²) in [6, 6.07) is 7.66. The quantitative estimate of drug-likeness (QED) is 0.755. The number of nitrogens with two attached hydrogens (primary N) is 1. The highest BCUT2D eigenvalue weighted by Gasteiger charge is 2.20. The third kappa shape index (κ3) is 2.01. The van der Waals surface area contributed by atoms with Crippen LogP contribution < -0.4 is 5.73 Å². The van der Waals surface area contributed by atoms with Gasteiger partial charge in [-0.25, -0.2) is 0 Å². The van der Waals surface area contributed by atoms with Crippen LogP contribution in [0.1, 0.15) is 5.56 Å². The highest BCUT2D eigenvalue weighted by molar-refractivity contribution is 8.13. The highest BCUT2D eigenvalue weighted by Crippen LogP contribution is 2.20. The highest BCUT2D eigenvalue weighted by atomic mass is 32.2. The third-order valence-corrected chi connectivity index (χ3v) is 3.09.